The summed E-state index contributed by atoms with van der Waals surface area (Å²) in [6, 6.07) is 2.48. The summed E-state index contributed by atoms with van der Waals surface area (Å²) >= 11 is 0. The van der Waals surface area contributed by atoms with E-state index < -0.39 is 0 Å². The minimum absolute atomic E-state index is 0.214. The van der Waals surface area contributed by atoms with Crippen molar-refractivity contribution in [1.82, 2.24) is 10.2 Å². The number of carbonyl (C=O) groups is 1. The monoisotopic (exact) mass is 235 g/mol. The number of nitriles is 1. The van der Waals surface area contributed by atoms with Crippen molar-refractivity contribution >= 4 is 5.91 Å². The van der Waals surface area contributed by atoms with E-state index >= 15 is 0 Å². The van der Waals surface area contributed by atoms with Gasteiger partial charge in [-0.15, -0.1) is 0 Å². The molecular formula is C13H21N3O. The third-order valence-corrected chi connectivity index (χ3v) is 4.06. The first-order valence-corrected chi connectivity index (χ1v) is 6.42. The lowest BCUT2D eigenvalue weighted by atomic mass is 10.0. The number of carbonyl (C=O) groups excluding carboxylic acids is 1. The molecule has 2 rings (SSSR count). The van der Waals surface area contributed by atoms with Crippen molar-refractivity contribution in [2.75, 3.05) is 19.6 Å². The van der Waals surface area contributed by atoms with E-state index in [1.54, 1.807) is 0 Å². The molecule has 1 N–H and O–H groups in total. The van der Waals surface area contributed by atoms with Crippen molar-refractivity contribution in [3.05, 3.63) is 0 Å². The van der Waals surface area contributed by atoms with Crippen molar-refractivity contribution in [3.63, 3.8) is 0 Å². The molecule has 1 aliphatic heterocycles. The predicted molar refractivity (Wildman–Crippen MR) is 65.1 cm³/mol. The van der Waals surface area contributed by atoms with Gasteiger partial charge in [0.2, 0.25) is 5.91 Å². The molecule has 1 saturated carbocycles. The Hall–Kier alpha value is -1.08. The molecule has 0 aromatic heterocycles. The van der Waals surface area contributed by atoms with Crippen LogP contribution in [0.4, 0.5) is 0 Å². The lowest BCUT2D eigenvalue weighted by Crippen LogP contribution is -2.45. The fourth-order valence-corrected chi connectivity index (χ4v) is 2.55. The summed E-state index contributed by atoms with van der Waals surface area (Å²) in [4.78, 5) is 14.1. The first kappa shape index (κ1) is 12.4. The molecule has 0 spiro atoms. The van der Waals surface area contributed by atoms with Gasteiger partial charge in [0.1, 0.15) is 0 Å². The van der Waals surface area contributed by atoms with Crippen molar-refractivity contribution in [2.45, 2.75) is 39.2 Å². The average molecular weight is 235 g/mol. The number of rotatable bonds is 3. The number of nitrogens with zero attached hydrogens (tertiary/aromatic N) is 2. The molecule has 0 bridgehead atoms. The first-order chi connectivity index (χ1) is 8.03. The Bertz CT molecular complexity index is 337. The Balaban J connectivity index is 1.72. The van der Waals surface area contributed by atoms with Gasteiger partial charge >= 0.3 is 0 Å². The molecule has 0 radical (unpaired) electrons. The molecule has 1 heterocycles. The summed E-state index contributed by atoms with van der Waals surface area (Å²) in [6.45, 7) is 6.65. The number of hydrogen-bond donors (Lipinski definition) is 1. The number of nitrogens with one attached hydrogen (secondary N) is 1. The maximum absolute atomic E-state index is 11.9. The molecule has 1 aliphatic carbocycles. The maximum Gasteiger partial charge on any atom is 0.223 e. The fourth-order valence-electron chi connectivity index (χ4n) is 2.55. The van der Waals surface area contributed by atoms with Gasteiger partial charge < -0.3 is 5.32 Å². The lowest BCUT2D eigenvalue weighted by Gasteiger charge is -2.30. The van der Waals surface area contributed by atoms with Gasteiger partial charge in [-0.3, -0.25) is 9.69 Å². The Labute approximate surface area is 103 Å². The van der Waals surface area contributed by atoms with E-state index in [0.29, 0.717) is 12.6 Å². The highest BCUT2D eigenvalue weighted by atomic mass is 16.2. The van der Waals surface area contributed by atoms with Crippen LogP contribution >= 0.6 is 0 Å². The molecule has 0 aromatic rings. The molecule has 1 saturated heterocycles. The number of likely N-dealkylation sites (tertiary alicyclic amines) is 1. The number of amides is 1. The van der Waals surface area contributed by atoms with Crippen LogP contribution in [0.25, 0.3) is 0 Å². The van der Waals surface area contributed by atoms with E-state index in [2.05, 4.69) is 30.1 Å². The average Bonchev–Trinajstić information content (AvgIpc) is 2.91. The largest absolute Gasteiger partial charge is 0.353 e. The molecule has 0 aromatic carbocycles. The summed E-state index contributed by atoms with van der Waals surface area (Å²) in [5, 5.41) is 11.8. The van der Waals surface area contributed by atoms with Crippen LogP contribution in [0.3, 0.4) is 0 Å². The highest BCUT2D eigenvalue weighted by Gasteiger charge is 2.50. The van der Waals surface area contributed by atoms with Crippen LogP contribution in [-0.4, -0.2) is 36.5 Å². The van der Waals surface area contributed by atoms with Crippen LogP contribution in [0.1, 0.15) is 33.1 Å². The zero-order valence-electron chi connectivity index (χ0n) is 10.7. The molecule has 2 aliphatic rings. The molecule has 1 atom stereocenters. The van der Waals surface area contributed by atoms with Crippen LogP contribution in [0, 0.1) is 22.7 Å². The van der Waals surface area contributed by atoms with Crippen molar-refractivity contribution in [3.8, 4) is 6.07 Å². The quantitative estimate of drug-likeness (QED) is 0.746. The van der Waals surface area contributed by atoms with Crippen LogP contribution in [0.2, 0.25) is 0 Å². The van der Waals surface area contributed by atoms with E-state index in [1.807, 2.05) is 0 Å². The highest BCUT2D eigenvalue weighted by molar-refractivity contribution is 5.82. The third-order valence-electron chi connectivity index (χ3n) is 4.06. The Morgan fingerprint density at radius 2 is 2.06 bits per heavy atom. The van der Waals surface area contributed by atoms with E-state index in [0.717, 1.165) is 32.4 Å². The second kappa shape index (κ2) is 4.66. The third kappa shape index (κ3) is 2.98. The standard InChI is InChI=1S/C13H21N3O/c1-13(2)9-11(13)12(17)15-10-3-6-16(7-4-10)8-5-14/h10-11H,3-4,6-9H2,1-2H3,(H,15,17). The molecule has 17 heavy (non-hydrogen) atoms. The molecule has 4 nitrogen and oxygen atoms in total. The van der Waals surface area contributed by atoms with Gasteiger partial charge in [0.05, 0.1) is 12.6 Å². The van der Waals surface area contributed by atoms with E-state index in [1.165, 1.54) is 0 Å². The molecular weight excluding hydrogens is 214 g/mol. The summed E-state index contributed by atoms with van der Waals surface area (Å²) < 4.78 is 0. The summed E-state index contributed by atoms with van der Waals surface area (Å²) in [7, 11) is 0. The molecule has 94 valence electrons. The lowest BCUT2D eigenvalue weighted by molar-refractivity contribution is -0.124. The van der Waals surface area contributed by atoms with Crippen LogP contribution in [0.5, 0.6) is 0 Å². The van der Waals surface area contributed by atoms with Crippen LogP contribution in [0.15, 0.2) is 0 Å². The minimum Gasteiger partial charge on any atom is -0.353 e. The zero-order chi connectivity index (χ0) is 12.5. The Morgan fingerprint density at radius 3 is 2.53 bits per heavy atom. The Kier molecular flexibility index (Phi) is 3.39. The zero-order valence-corrected chi connectivity index (χ0v) is 10.7. The van der Waals surface area contributed by atoms with Crippen molar-refractivity contribution in [2.24, 2.45) is 11.3 Å². The van der Waals surface area contributed by atoms with Gasteiger partial charge in [-0.25, -0.2) is 0 Å². The maximum atomic E-state index is 11.9. The van der Waals surface area contributed by atoms with Gasteiger partial charge in [-0.1, -0.05) is 13.8 Å². The Morgan fingerprint density at radius 1 is 1.47 bits per heavy atom. The molecule has 1 amide bonds. The summed E-state index contributed by atoms with van der Waals surface area (Å²) in [5.41, 5.74) is 0.214. The van der Waals surface area contributed by atoms with Gasteiger partial charge in [0.15, 0.2) is 0 Å². The molecule has 4 heteroatoms. The molecule has 2 fully saturated rings. The predicted octanol–water partition coefficient (Wildman–Crippen LogP) is 1.14. The van der Waals surface area contributed by atoms with E-state index in [-0.39, 0.29) is 17.2 Å². The van der Waals surface area contributed by atoms with E-state index in [4.69, 9.17) is 5.26 Å². The summed E-state index contributed by atoms with van der Waals surface area (Å²) in [5.74, 6) is 0.452. The van der Waals surface area contributed by atoms with Crippen LogP contribution in [-0.2, 0) is 4.79 Å². The second-order valence-corrected chi connectivity index (χ2v) is 5.96. The van der Waals surface area contributed by atoms with Crippen LogP contribution < -0.4 is 5.32 Å². The minimum atomic E-state index is 0.214. The summed E-state index contributed by atoms with van der Waals surface area (Å²) in [6.07, 6.45) is 2.97. The SMILES string of the molecule is CC1(C)CC1C(=O)NC1CCN(CC#N)CC1. The number of hydrogen-bond acceptors (Lipinski definition) is 3. The number of piperidine rings is 1. The highest BCUT2D eigenvalue weighted by Crippen LogP contribution is 2.51. The first-order valence-electron chi connectivity index (χ1n) is 6.42. The van der Waals surface area contributed by atoms with Gasteiger partial charge in [0.25, 0.3) is 0 Å². The van der Waals surface area contributed by atoms with Crippen molar-refractivity contribution in [1.29, 1.82) is 5.26 Å². The smallest absolute Gasteiger partial charge is 0.223 e. The van der Waals surface area contributed by atoms with Crippen molar-refractivity contribution < 1.29 is 4.79 Å². The topological polar surface area (TPSA) is 56.1 Å². The van der Waals surface area contributed by atoms with Gasteiger partial charge in [-0.2, -0.15) is 5.26 Å². The van der Waals surface area contributed by atoms with Gasteiger partial charge in [-0.05, 0) is 24.7 Å². The van der Waals surface area contributed by atoms with Gasteiger partial charge in [0, 0.05) is 25.0 Å². The normalized spacial score (nSPS) is 28.4. The second-order valence-electron chi connectivity index (χ2n) is 5.96. The van der Waals surface area contributed by atoms with E-state index in [9.17, 15) is 4.79 Å². The molecule has 1 unspecified atom stereocenters. The fraction of sp³-hybridized carbons (Fsp3) is 0.846.